The Bertz CT molecular complexity index is 1020. The number of hydrogen-bond acceptors (Lipinski definition) is 7. The largest absolute Gasteiger partial charge is 0.497 e. The maximum Gasteiger partial charge on any atom is 0.309 e. The molecule has 1 N–H and O–H groups in total. The summed E-state index contributed by atoms with van der Waals surface area (Å²) >= 11 is 5.97. The Kier molecular flexibility index (Phi) is 8.66. The van der Waals surface area contributed by atoms with Crippen molar-refractivity contribution in [3.05, 3.63) is 47.5 Å². The lowest BCUT2D eigenvalue weighted by atomic mass is 10.3. The van der Waals surface area contributed by atoms with Gasteiger partial charge >= 0.3 is 5.97 Å². The summed E-state index contributed by atoms with van der Waals surface area (Å²) < 4.78 is 40.9. The SMILES string of the molecule is COc1ccc(OCCC(=O)OCC(=O)Nc2ccc(Cl)c(S(=O)(=O)N(C)C)c2)cc1. The molecule has 0 aliphatic heterocycles. The van der Waals surface area contributed by atoms with Crippen LogP contribution in [0.15, 0.2) is 47.4 Å². The minimum atomic E-state index is -3.78. The molecule has 1 amide bonds. The molecule has 0 spiro atoms. The molecule has 0 aliphatic rings. The van der Waals surface area contributed by atoms with Crippen molar-refractivity contribution < 1.29 is 32.2 Å². The molecule has 0 fully saturated rings. The van der Waals surface area contributed by atoms with Crippen LogP contribution in [0, 0.1) is 0 Å². The minimum absolute atomic E-state index is 0.0231. The van der Waals surface area contributed by atoms with Crippen LogP contribution in [0.5, 0.6) is 11.5 Å². The van der Waals surface area contributed by atoms with Crippen LogP contribution in [0.3, 0.4) is 0 Å². The molecule has 168 valence electrons. The number of carbonyl (C=O) groups excluding carboxylic acids is 2. The van der Waals surface area contributed by atoms with E-state index >= 15 is 0 Å². The second-order valence-corrected chi connectivity index (χ2v) is 8.94. The van der Waals surface area contributed by atoms with E-state index in [1.165, 1.54) is 32.3 Å². The summed E-state index contributed by atoms with van der Waals surface area (Å²) in [6, 6.07) is 10.9. The Hall–Kier alpha value is -2.82. The zero-order chi connectivity index (χ0) is 23.0. The maximum absolute atomic E-state index is 12.3. The molecule has 11 heteroatoms. The number of nitrogens with one attached hydrogen (secondary N) is 1. The van der Waals surface area contributed by atoms with Gasteiger partial charge in [-0.05, 0) is 42.5 Å². The fourth-order valence-electron chi connectivity index (χ4n) is 2.31. The van der Waals surface area contributed by atoms with Gasteiger partial charge < -0.3 is 19.5 Å². The van der Waals surface area contributed by atoms with Crippen molar-refractivity contribution in [1.82, 2.24) is 4.31 Å². The molecule has 2 aromatic carbocycles. The van der Waals surface area contributed by atoms with E-state index in [2.05, 4.69) is 5.32 Å². The second-order valence-electron chi connectivity index (χ2n) is 6.42. The van der Waals surface area contributed by atoms with Crippen LogP contribution in [0.1, 0.15) is 6.42 Å². The number of ether oxygens (including phenoxy) is 3. The molecule has 2 aromatic rings. The average Bonchev–Trinajstić information content (AvgIpc) is 2.74. The molecule has 2 rings (SSSR count). The number of rotatable bonds is 10. The van der Waals surface area contributed by atoms with E-state index in [0.29, 0.717) is 11.5 Å². The molecule has 0 saturated carbocycles. The summed E-state index contributed by atoms with van der Waals surface area (Å²) in [5, 5.41) is 2.49. The van der Waals surface area contributed by atoms with Crippen LogP contribution in [-0.4, -0.2) is 59.0 Å². The number of methoxy groups -OCH3 is 1. The smallest absolute Gasteiger partial charge is 0.309 e. The van der Waals surface area contributed by atoms with Gasteiger partial charge in [-0.2, -0.15) is 0 Å². The maximum atomic E-state index is 12.3. The van der Waals surface area contributed by atoms with Crippen LogP contribution in [0.25, 0.3) is 0 Å². The topological polar surface area (TPSA) is 111 Å². The summed E-state index contributed by atoms with van der Waals surface area (Å²) in [5.41, 5.74) is 0.203. The highest BCUT2D eigenvalue weighted by molar-refractivity contribution is 7.89. The van der Waals surface area contributed by atoms with Crippen molar-refractivity contribution in [2.45, 2.75) is 11.3 Å². The predicted molar refractivity (Wildman–Crippen MR) is 115 cm³/mol. The number of esters is 1. The van der Waals surface area contributed by atoms with E-state index < -0.39 is 28.5 Å². The zero-order valence-corrected chi connectivity index (χ0v) is 18.8. The number of anilines is 1. The first-order valence-corrected chi connectivity index (χ1v) is 10.9. The number of carbonyl (C=O) groups is 2. The number of benzene rings is 2. The van der Waals surface area contributed by atoms with Crippen molar-refractivity contribution in [2.24, 2.45) is 0 Å². The molecule has 31 heavy (non-hydrogen) atoms. The van der Waals surface area contributed by atoms with Crippen LogP contribution in [-0.2, 0) is 24.3 Å². The number of halogens is 1. The molecule has 0 saturated heterocycles. The third kappa shape index (κ3) is 7.12. The molecular formula is C20H23ClN2O7S. The van der Waals surface area contributed by atoms with Gasteiger partial charge in [0.15, 0.2) is 6.61 Å². The zero-order valence-electron chi connectivity index (χ0n) is 17.3. The minimum Gasteiger partial charge on any atom is -0.497 e. The lowest BCUT2D eigenvalue weighted by molar-refractivity contribution is -0.147. The third-order valence-corrected chi connectivity index (χ3v) is 6.27. The second kappa shape index (κ2) is 11.0. The van der Waals surface area contributed by atoms with E-state index in [4.69, 9.17) is 25.8 Å². The molecule has 0 aromatic heterocycles. The quantitative estimate of drug-likeness (QED) is 0.531. The van der Waals surface area contributed by atoms with Crippen molar-refractivity contribution in [2.75, 3.05) is 39.7 Å². The van der Waals surface area contributed by atoms with Gasteiger partial charge in [-0.1, -0.05) is 11.6 Å². The van der Waals surface area contributed by atoms with Crippen LogP contribution in [0.4, 0.5) is 5.69 Å². The van der Waals surface area contributed by atoms with Gasteiger partial charge in [0, 0.05) is 19.8 Å². The van der Waals surface area contributed by atoms with Crippen molar-refractivity contribution in [3.63, 3.8) is 0 Å². The molecule has 0 unspecified atom stereocenters. The number of sulfonamides is 1. The molecule has 0 atom stereocenters. The standard InChI is InChI=1S/C20H23ClN2O7S/c1-23(2)31(26,27)18-12-14(4-9-17(18)21)22-19(24)13-30-20(25)10-11-29-16-7-5-15(28-3)6-8-16/h4-9,12H,10-11,13H2,1-3H3,(H,22,24). The van der Waals surface area contributed by atoms with E-state index in [1.54, 1.807) is 31.4 Å². The van der Waals surface area contributed by atoms with Gasteiger partial charge in [-0.25, -0.2) is 12.7 Å². The Balaban J connectivity index is 1.81. The van der Waals surface area contributed by atoms with Crippen molar-refractivity contribution in [3.8, 4) is 11.5 Å². The summed E-state index contributed by atoms with van der Waals surface area (Å²) in [4.78, 5) is 23.7. The van der Waals surface area contributed by atoms with E-state index in [0.717, 1.165) is 4.31 Å². The van der Waals surface area contributed by atoms with E-state index in [-0.39, 0.29) is 28.6 Å². The van der Waals surface area contributed by atoms with Crippen molar-refractivity contribution >= 4 is 39.2 Å². The first kappa shape index (κ1) is 24.4. The summed E-state index contributed by atoms with van der Waals surface area (Å²) in [5.74, 6) is 0.0121. The molecule has 0 radical (unpaired) electrons. The molecule has 0 heterocycles. The van der Waals surface area contributed by atoms with Crippen LogP contribution >= 0.6 is 11.6 Å². The third-order valence-electron chi connectivity index (χ3n) is 3.97. The van der Waals surface area contributed by atoms with Crippen molar-refractivity contribution in [1.29, 1.82) is 0 Å². The van der Waals surface area contributed by atoms with Gasteiger partial charge in [0.25, 0.3) is 5.91 Å². The Labute approximate surface area is 185 Å². The first-order chi connectivity index (χ1) is 14.6. The fraction of sp³-hybridized carbons (Fsp3) is 0.300. The Morgan fingerprint density at radius 3 is 2.32 bits per heavy atom. The first-order valence-electron chi connectivity index (χ1n) is 9.08. The average molecular weight is 471 g/mol. The van der Waals surface area contributed by atoms with Gasteiger partial charge in [-0.15, -0.1) is 0 Å². The van der Waals surface area contributed by atoms with Gasteiger partial charge in [0.05, 0.1) is 25.2 Å². The number of amides is 1. The highest BCUT2D eigenvalue weighted by Crippen LogP contribution is 2.26. The van der Waals surface area contributed by atoms with Crippen LogP contribution in [0.2, 0.25) is 5.02 Å². The summed E-state index contributed by atoms with van der Waals surface area (Å²) in [6.07, 6.45) is -0.0501. The predicted octanol–water partition coefficient (Wildman–Crippen LogP) is 2.55. The normalized spacial score (nSPS) is 11.1. The summed E-state index contributed by atoms with van der Waals surface area (Å²) in [7, 11) is 0.510. The molecular weight excluding hydrogens is 448 g/mol. The molecule has 0 aliphatic carbocycles. The van der Waals surface area contributed by atoms with Gasteiger partial charge in [-0.3, -0.25) is 9.59 Å². The molecule has 9 nitrogen and oxygen atoms in total. The van der Waals surface area contributed by atoms with Gasteiger partial charge in [0.2, 0.25) is 10.0 Å². The fourth-order valence-corrected chi connectivity index (χ4v) is 3.71. The number of hydrogen-bond donors (Lipinski definition) is 1. The lowest BCUT2D eigenvalue weighted by Crippen LogP contribution is -2.24. The monoisotopic (exact) mass is 470 g/mol. The highest BCUT2D eigenvalue weighted by atomic mass is 35.5. The van der Waals surface area contributed by atoms with E-state index in [1.807, 2.05) is 0 Å². The number of nitrogens with zero attached hydrogens (tertiary/aromatic N) is 1. The van der Waals surface area contributed by atoms with E-state index in [9.17, 15) is 18.0 Å². The lowest BCUT2D eigenvalue weighted by Gasteiger charge is -2.14. The Morgan fingerprint density at radius 2 is 1.71 bits per heavy atom. The highest BCUT2D eigenvalue weighted by Gasteiger charge is 2.21. The Morgan fingerprint density at radius 1 is 1.06 bits per heavy atom. The van der Waals surface area contributed by atoms with Crippen LogP contribution < -0.4 is 14.8 Å². The van der Waals surface area contributed by atoms with Gasteiger partial charge in [0.1, 0.15) is 16.4 Å². The molecule has 0 bridgehead atoms. The summed E-state index contributed by atoms with van der Waals surface area (Å²) in [6.45, 7) is -0.449.